The molecule has 0 radical (unpaired) electrons. The lowest BCUT2D eigenvalue weighted by Gasteiger charge is -2.23. The van der Waals surface area contributed by atoms with Gasteiger partial charge in [-0.2, -0.15) is 0 Å². The smallest absolute Gasteiger partial charge is 0.191 e. The number of benzene rings is 1. The Bertz CT molecular complexity index is 1060. The number of nitrogens with zero attached hydrogens (tertiary/aromatic N) is 5. The quantitative estimate of drug-likeness (QED) is 0.328. The topological polar surface area (TPSA) is 60.0 Å². The van der Waals surface area contributed by atoms with Gasteiger partial charge in [0, 0.05) is 11.8 Å². The van der Waals surface area contributed by atoms with Crippen LogP contribution in [0.25, 0.3) is 10.6 Å². The molecule has 0 fully saturated rings. The van der Waals surface area contributed by atoms with Gasteiger partial charge in [0.15, 0.2) is 16.7 Å². The Hall–Kier alpha value is -2.42. The lowest BCUT2D eigenvalue weighted by molar-refractivity contribution is 0.272. The van der Waals surface area contributed by atoms with Crippen molar-refractivity contribution in [2.24, 2.45) is 0 Å². The van der Waals surface area contributed by atoms with E-state index in [1.165, 1.54) is 5.56 Å². The average Bonchev–Trinajstić information content (AvgIpc) is 3.49. The van der Waals surface area contributed by atoms with Crippen LogP contribution >= 0.6 is 23.1 Å². The lowest BCUT2D eigenvalue weighted by Crippen LogP contribution is -2.23. The van der Waals surface area contributed by atoms with Crippen LogP contribution in [0.4, 0.5) is 0 Å². The molecule has 3 heterocycles. The molecule has 0 N–H and O–H groups in total. The maximum Gasteiger partial charge on any atom is 0.191 e. The first-order valence-corrected chi connectivity index (χ1v) is 11.8. The van der Waals surface area contributed by atoms with Gasteiger partial charge in [0.2, 0.25) is 0 Å². The minimum absolute atomic E-state index is 0.216. The molecule has 0 amide bonds. The summed E-state index contributed by atoms with van der Waals surface area (Å²) in [6, 6.07) is 16.7. The van der Waals surface area contributed by atoms with E-state index < -0.39 is 0 Å². The van der Waals surface area contributed by atoms with Crippen molar-refractivity contribution in [1.29, 1.82) is 0 Å². The van der Waals surface area contributed by atoms with Crippen LogP contribution in [-0.2, 0) is 12.3 Å². The minimum atomic E-state index is 0.216. The summed E-state index contributed by atoms with van der Waals surface area (Å²) >= 11 is 3.29. The SMILES string of the molecule is CC[C@@H](c1nnc(SCc2cc(-c3cccs3)on2)n1Cc1ccccc1)N(C)C. The zero-order valence-corrected chi connectivity index (χ0v) is 19.0. The summed E-state index contributed by atoms with van der Waals surface area (Å²) in [7, 11) is 4.17. The molecule has 0 saturated heterocycles. The number of aromatic nitrogens is 4. The van der Waals surface area contributed by atoms with Gasteiger partial charge in [-0.1, -0.05) is 60.2 Å². The maximum absolute atomic E-state index is 5.51. The van der Waals surface area contributed by atoms with E-state index in [9.17, 15) is 0 Å². The molecule has 0 saturated carbocycles. The summed E-state index contributed by atoms with van der Waals surface area (Å²) in [6.45, 7) is 2.93. The summed E-state index contributed by atoms with van der Waals surface area (Å²) in [5, 5.41) is 16.3. The van der Waals surface area contributed by atoms with Crippen molar-refractivity contribution in [3.63, 3.8) is 0 Å². The van der Waals surface area contributed by atoms with Gasteiger partial charge < -0.3 is 9.09 Å². The summed E-state index contributed by atoms with van der Waals surface area (Å²) in [6.07, 6.45) is 0.970. The zero-order chi connectivity index (χ0) is 20.9. The van der Waals surface area contributed by atoms with Crippen molar-refractivity contribution in [3.8, 4) is 10.6 Å². The normalized spacial score (nSPS) is 12.5. The van der Waals surface area contributed by atoms with E-state index in [0.29, 0.717) is 5.75 Å². The first-order valence-electron chi connectivity index (χ1n) is 9.91. The van der Waals surface area contributed by atoms with Crippen molar-refractivity contribution >= 4 is 23.1 Å². The molecule has 0 spiro atoms. The van der Waals surface area contributed by atoms with E-state index >= 15 is 0 Å². The summed E-state index contributed by atoms with van der Waals surface area (Å²) in [5.41, 5.74) is 2.13. The Balaban J connectivity index is 1.57. The summed E-state index contributed by atoms with van der Waals surface area (Å²) < 4.78 is 7.74. The molecule has 0 bridgehead atoms. The van der Waals surface area contributed by atoms with Crippen molar-refractivity contribution in [3.05, 3.63) is 71.0 Å². The van der Waals surface area contributed by atoms with E-state index in [1.54, 1.807) is 23.1 Å². The second-order valence-electron chi connectivity index (χ2n) is 7.25. The Labute approximate surface area is 184 Å². The standard InChI is InChI=1S/C22H25N5OS2/c1-4-18(26(2)3)21-23-24-22(27(21)14-16-9-6-5-7-10-16)30-15-17-13-19(28-25-17)20-11-8-12-29-20/h5-13,18H,4,14-15H2,1-3H3/t18-/m0/s1. The van der Waals surface area contributed by atoms with Crippen molar-refractivity contribution in [2.75, 3.05) is 14.1 Å². The first kappa shape index (κ1) is 20.8. The van der Waals surface area contributed by atoms with E-state index in [2.05, 4.69) is 70.1 Å². The molecule has 156 valence electrons. The average molecular weight is 440 g/mol. The highest BCUT2D eigenvalue weighted by molar-refractivity contribution is 7.98. The van der Waals surface area contributed by atoms with E-state index in [4.69, 9.17) is 4.52 Å². The van der Waals surface area contributed by atoms with Crippen LogP contribution in [0.5, 0.6) is 0 Å². The lowest BCUT2D eigenvalue weighted by atomic mass is 10.2. The van der Waals surface area contributed by atoms with Gasteiger partial charge in [-0.25, -0.2) is 0 Å². The highest BCUT2D eigenvalue weighted by atomic mass is 32.2. The third-order valence-corrected chi connectivity index (χ3v) is 6.79. The van der Waals surface area contributed by atoms with Crippen LogP contribution in [0, 0.1) is 0 Å². The van der Waals surface area contributed by atoms with Crippen LogP contribution in [-0.4, -0.2) is 38.9 Å². The predicted molar refractivity (Wildman–Crippen MR) is 122 cm³/mol. The van der Waals surface area contributed by atoms with Gasteiger partial charge in [-0.05, 0) is 37.5 Å². The fourth-order valence-corrected chi connectivity index (χ4v) is 4.90. The van der Waals surface area contributed by atoms with Gasteiger partial charge in [-0.15, -0.1) is 21.5 Å². The molecule has 30 heavy (non-hydrogen) atoms. The van der Waals surface area contributed by atoms with Gasteiger partial charge in [0.25, 0.3) is 0 Å². The van der Waals surface area contributed by atoms with Gasteiger partial charge in [0.05, 0.1) is 23.2 Å². The number of hydrogen-bond donors (Lipinski definition) is 0. The van der Waals surface area contributed by atoms with E-state index in [0.717, 1.165) is 40.3 Å². The molecule has 1 atom stereocenters. The Morgan fingerprint density at radius 1 is 1.13 bits per heavy atom. The van der Waals surface area contributed by atoms with Gasteiger partial charge >= 0.3 is 0 Å². The molecular formula is C22H25N5OS2. The van der Waals surface area contributed by atoms with Crippen LogP contribution in [0.3, 0.4) is 0 Å². The number of hydrogen-bond acceptors (Lipinski definition) is 7. The summed E-state index contributed by atoms with van der Waals surface area (Å²) in [5.74, 6) is 2.49. The summed E-state index contributed by atoms with van der Waals surface area (Å²) in [4.78, 5) is 3.29. The fraction of sp³-hybridized carbons (Fsp3) is 0.318. The van der Waals surface area contributed by atoms with Gasteiger partial charge in [0.1, 0.15) is 0 Å². The number of rotatable bonds is 9. The van der Waals surface area contributed by atoms with Crippen LogP contribution in [0.15, 0.2) is 63.6 Å². The molecule has 3 aromatic heterocycles. The maximum atomic E-state index is 5.51. The molecule has 0 aliphatic carbocycles. The van der Waals surface area contributed by atoms with Gasteiger partial charge in [-0.3, -0.25) is 4.90 Å². The Kier molecular flexibility index (Phi) is 6.66. The second kappa shape index (κ2) is 9.59. The molecular weight excluding hydrogens is 414 g/mol. The molecule has 8 heteroatoms. The molecule has 0 unspecified atom stereocenters. The van der Waals surface area contributed by atoms with Crippen LogP contribution in [0.1, 0.15) is 36.5 Å². The molecule has 0 aliphatic heterocycles. The molecule has 6 nitrogen and oxygen atoms in total. The van der Waals surface area contributed by atoms with Crippen molar-refractivity contribution in [1.82, 2.24) is 24.8 Å². The molecule has 4 aromatic rings. The zero-order valence-electron chi connectivity index (χ0n) is 17.4. The molecule has 4 rings (SSSR count). The molecule has 0 aliphatic rings. The predicted octanol–water partition coefficient (Wildman–Crippen LogP) is 5.35. The highest BCUT2D eigenvalue weighted by Gasteiger charge is 2.22. The fourth-order valence-electron chi connectivity index (χ4n) is 3.40. The monoisotopic (exact) mass is 439 g/mol. The Morgan fingerprint density at radius 3 is 2.67 bits per heavy atom. The van der Waals surface area contributed by atoms with Crippen molar-refractivity contribution in [2.45, 2.75) is 36.8 Å². The first-order chi connectivity index (χ1) is 14.7. The third kappa shape index (κ3) is 4.66. The minimum Gasteiger partial charge on any atom is -0.355 e. The highest BCUT2D eigenvalue weighted by Crippen LogP contribution is 2.30. The van der Waals surface area contributed by atoms with Crippen LogP contribution in [0.2, 0.25) is 0 Å². The largest absolute Gasteiger partial charge is 0.355 e. The Morgan fingerprint density at radius 2 is 1.97 bits per heavy atom. The third-order valence-electron chi connectivity index (χ3n) is 4.91. The van der Waals surface area contributed by atoms with Crippen molar-refractivity contribution < 1.29 is 4.52 Å². The molecule has 1 aromatic carbocycles. The van der Waals surface area contributed by atoms with E-state index in [-0.39, 0.29) is 6.04 Å². The number of thiophene rings is 1. The second-order valence-corrected chi connectivity index (χ2v) is 9.14. The van der Waals surface area contributed by atoms with Crippen LogP contribution < -0.4 is 0 Å². The van der Waals surface area contributed by atoms with E-state index in [1.807, 2.05) is 29.6 Å². The number of thioether (sulfide) groups is 1.